The second-order valence-electron chi connectivity index (χ2n) is 9.84. The van der Waals surface area contributed by atoms with Crippen molar-refractivity contribution in [1.29, 1.82) is 0 Å². The van der Waals surface area contributed by atoms with E-state index in [9.17, 15) is 31.2 Å². The fraction of sp³-hybridized carbons (Fsp3) is 0.481. The van der Waals surface area contributed by atoms with Crippen molar-refractivity contribution in [2.24, 2.45) is 0 Å². The highest BCUT2D eigenvalue weighted by molar-refractivity contribution is 7.92. The topological polar surface area (TPSA) is 86.8 Å². The maximum Gasteiger partial charge on any atom is 0.416 e. The summed E-state index contributed by atoms with van der Waals surface area (Å²) in [5, 5.41) is 3.61. The summed E-state index contributed by atoms with van der Waals surface area (Å²) in [5.41, 5.74) is -0.919. The maximum atomic E-state index is 13.8. The van der Waals surface area contributed by atoms with Gasteiger partial charge in [0.2, 0.25) is 21.8 Å². The number of alkyl halides is 3. The molecule has 40 heavy (non-hydrogen) atoms. The minimum Gasteiger partial charge on any atom is -0.352 e. The summed E-state index contributed by atoms with van der Waals surface area (Å²) in [6.07, 6.45) is 0.959. The number of benzene rings is 2. The lowest BCUT2D eigenvalue weighted by atomic mass is 9.95. The molecule has 1 saturated carbocycles. The number of halogens is 5. The lowest BCUT2D eigenvalue weighted by Gasteiger charge is -2.34. The van der Waals surface area contributed by atoms with Crippen LogP contribution in [0.2, 0.25) is 10.0 Å². The fourth-order valence-corrected chi connectivity index (χ4v) is 6.06. The molecule has 7 nitrogen and oxygen atoms in total. The monoisotopic (exact) mass is 621 g/mol. The van der Waals surface area contributed by atoms with Crippen molar-refractivity contribution in [3.8, 4) is 0 Å². The zero-order valence-corrected chi connectivity index (χ0v) is 24.5. The molecule has 1 aliphatic carbocycles. The second-order valence-corrected chi connectivity index (χ2v) is 12.6. The number of sulfonamides is 1. The van der Waals surface area contributed by atoms with Crippen molar-refractivity contribution in [2.75, 3.05) is 17.1 Å². The lowest BCUT2D eigenvalue weighted by Crippen LogP contribution is -2.54. The van der Waals surface area contributed by atoms with Crippen molar-refractivity contribution in [3.63, 3.8) is 0 Å². The third kappa shape index (κ3) is 8.50. The molecule has 1 aliphatic rings. The molecular weight excluding hydrogens is 590 g/mol. The largest absolute Gasteiger partial charge is 0.416 e. The molecule has 3 rings (SSSR count). The Balaban J connectivity index is 1.97. The summed E-state index contributed by atoms with van der Waals surface area (Å²) in [6, 6.07) is 7.35. The molecule has 13 heteroatoms. The Morgan fingerprint density at radius 2 is 1.75 bits per heavy atom. The van der Waals surface area contributed by atoms with E-state index >= 15 is 0 Å². The first-order valence-electron chi connectivity index (χ1n) is 12.9. The fourth-order valence-electron chi connectivity index (χ4n) is 4.75. The van der Waals surface area contributed by atoms with E-state index in [2.05, 4.69) is 5.32 Å². The van der Waals surface area contributed by atoms with E-state index < -0.39 is 46.2 Å². The highest BCUT2D eigenvalue weighted by atomic mass is 35.5. The number of anilines is 1. The van der Waals surface area contributed by atoms with Gasteiger partial charge in [0, 0.05) is 22.6 Å². The molecule has 2 amide bonds. The number of nitrogens with zero attached hydrogens (tertiary/aromatic N) is 2. The van der Waals surface area contributed by atoms with Gasteiger partial charge in [0.1, 0.15) is 12.6 Å². The molecule has 0 saturated heterocycles. The van der Waals surface area contributed by atoms with Crippen molar-refractivity contribution < 1.29 is 31.2 Å². The SMILES string of the molecule is CC[C@@H](C(=O)NC1CCCCC1)N(Cc1ccc(Cl)cc1Cl)C(=O)CN(c1cccc(C(F)(F)F)c1)S(C)(=O)=O. The van der Waals surface area contributed by atoms with Crippen molar-refractivity contribution in [2.45, 2.75) is 70.3 Å². The van der Waals surface area contributed by atoms with Crippen LogP contribution in [0.4, 0.5) is 18.9 Å². The first-order chi connectivity index (χ1) is 18.7. The van der Waals surface area contributed by atoms with Crippen LogP contribution in [0.15, 0.2) is 42.5 Å². The molecule has 1 N–H and O–H groups in total. The number of rotatable bonds is 10. The van der Waals surface area contributed by atoms with Crippen molar-refractivity contribution >= 4 is 50.7 Å². The van der Waals surface area contributed by atoms with E-state index in [0.717, 1.165) is 50.5 Å². The van der Waals surface area contributed by atoms with Crippen LogP contribution in [0, 0.1) is 0 Å². The number of carbonyl (C=O) groups excluding carboxylic acids is 2. The van der Waals surface area contributed by atoms with Gasteiger partial charge in [0.15, 0.2) is 0 Å². The Bertz CT molecular complexity index is 1320. The van der Waals surface area contributed by atoms with E-state index in [1.165, 1.54) is 17.0 Å². The van der Waals surface area contributed by atoms with Crippen LogP contribution in [0.5, 0.6) is 0 Å². The zero-order chi connectivity index (χ0) is 29.7. The van der Waals surface area contributed by atoms with Crippen molar-refractivity contribution in [1.82, 2.24) is 10.2 Å². The average Bonchev–Trinajstić information content (AvgIpc) is 2.87. The summed E-state index contributed by atoms with van der Waals surface area (Å²) in [4.78, 5) is 28.4. The van der Waals surface area contributed by atoms with Gasteiger partial charge in [-0.05, 0) is 55.2 Å². The van der Waals surface area contributed by atoms with Crippen molar-refractivity contribution in [3.05, 3.63) is 63.6 Å². The van der Waals surface area contributed by atoms with Crippen LogP contribution in [0.1, 0.15) is 56.6 Å². The molecule has 0 aliphatic heterocycles. The Morgan fingerprint density at radius 1 is 1.07 bits per heavy atom. The standard InChI is InChI=1S/C27H32Cl2F3N3O4S/c1-3-24(26(37)33-21-9-5-4-6-10-21)34(16-18-12-13-20(28)15-23(18)29)25(36)17-35(40(2,38)39)22-11-7-8-19(14-22)27(30,31)32/h7-8,11-15,21,24H,3-6,9-10,16-17H2,1-2H3,(H,33,37)/t24-/m0/s1. The number of hydrogen-bond donors (Lipinski definition) is 1. The molecule has 0 radical (unpaired) electrons. The summed E-state index contributed by atoms with van der Waals surface area (Å²) < 4.78 is 66.0. The molecular formula is C27H32Cl2F3N3O4S. The molecule has 1 fully saturated rings. The maximum absolute atomic E-state index is 13.8. The van der Waals surface area contributed by atoms with E-state index in [0.29, 0.717) is 21.0 Å². The molecule has 0 unspecified atom stereocenters. The van der Waals surface area contributed by atoms with Gasteiger partial charge in [-0.3, -0.25) is 13.9 Å². The average molecular weight is 623 g/mol. The molecule has 220 valence electrons. The van der Waals surface area contributed by atoms with E-state index in [1.54, 1.807) is 19.1 Å². The highest BCUT2D eigenvalue weighted by Crippen LogP contribution is 2.32. The summed E-state index contributed by atoms with van der Waals surface area (Å²) in [7, 11) is -4.20. The molecule has 0 aromatic heterocycles. The molecule has 1 atom stereocenters. The lowest BCUT2D eigenvalue weighted by molar-refractivity contribution is -0.140. The molecule has 2 aromatic rings. The van der Waals surface area contributed by atoms with Crippen LogP contribution in [-0.2, 0) is 32.3 Å². The summed E-state index contributed by atoms with van der Waals surface area (Å²) in [6.45, 7) is 0.750. The Kier molecular flexibility index (Phi) is 10.8. The van der Waals surface area contributed by atoms with E-state index in [-0.39, 0.29) is 29.7 Å². The van der Waals surface area contributed by atoms with Crippen LogP contribution in [0.25, 0.3) is 0 Å². The Labute approximate surface area is 242 Å². The number of hydrogen-bond acceptors (Lipinski definition) is 4. The number of nitrogens with one attached hydrogen (secondary N) is 1. The smallest absolute Gasteiger partial charge is 0.352 e. The van der Waals surface area contributed by atoms with Gasteiger partial charge in [-0.15, -0.1) is 0 Å². The van der Waals surface area contributed by atoms with Gasteiger partial charge in [-0.1, -0.05) is 61.5 Å². The minimum atomic E-state index is -4.72. The first-order valence-corrected chi connectivity index (χ1v) is 15.5. The third-order valence-corrected chi connectivity index (χ3v) is 8.56. The minimum absolute atomic E-state index is 0.0380. The summed E-state index contributed by atoms with van der Waals surface area (Å²) in [5.74, 6) is -1.17. The third-order valence-electron chi connectivity index (χ3n) is 6.83. The van der Waals surface area contributed by atoms with E-state index in [4.69, 9.17) is 23.2 Å². The number of carbonyl (C=O) groups is 2. The van der Waals surface area contributed by atoms with Gasteiger partial charge in [0.05, 0.1) is 17.5 Å². The molecule has 0 spiro atoms. The molecule has 0 bridgehead atoms. The van der Waals surface area contributed by atoms with Gasteiger partial charge in [-0.2, -0.15) is 13.2 Å². The Morgan fingerprint density at radius 3 is 2.33 bits per heavy atom. The molecule has 0 heterocycles. The van der Waals surface area contributed by atoms with Crippen LogP contribution < -0.4 is 9.62 Å². The van der Waals surface area contributed by atoms with Gasteiger partial charge >= 0.3 is 6.18 Å². The van der Waals surface area contributed by atoms with Crippen LogP contribution in [-0.4, -0.2) is 50.0 Å². The number of amides is 2. The van der Waals surface area contributed by atoms with Crippen LogP contribution >= 0.6 is 23.2 Å². The summed E-state index contributed by atoms with van der Waals surface area (Å²) >= 11 is 12.4. The highest BCUT2D eigenvalue weighted by Gasteiger charge is 2.35. The van der Waals surface area contributed by atoms with Gasteiger partial charge in [-0.25, -0.2) is 8.42 Å². The normalized spacial score (nSPS) is 15.4. The van der Waals surface area contributed by atoms with Crippen LogP contribution in [0.3, 0.4) is 0 Å². The van der Waals surface area contributed by atoms with E-state index in [1.807, 2.05) is 0 Å². The first kappa shape index (κ1) is 32.0. The van der Waals surface area contributed by atoms with Gasteiger partial charge < -0.3 is 10.2 Å². The quantitative estimate of drug-likeness (QED) is 0.351. The predicted octanol–water partition coefficient (Wildman–Crippen LogP) is 6.03. The molecule has 2 aromatic carbocycles. The zero-order valence-electron chi connectivity index (χ0n) is 22.2. The second kappa shape index (κ2) is 13.4. The van der Waals surface area contributed by atoms with Gasteiger partial charge in [0.25, 0.3) is 0 Å². The Hall–Kier alpha value is -2.50. The predicted molar refractivity (Wildman–Crippen MR) is 150 cm³/mol.